The second-order valence-corrected chi connectivity index (χ2v) is 3.26. The van der Waals surface area contributed by atoms with Crippen LogP contribution in [0, 0.1) is 0 Å². The third kappa shape index (κ3) is 2.15. The Bertz CT molecular complexity index is 275. The fourth-order valence-corrected chi connectivity index (χ4v) is 1.18. The summed E-state index contributed by atoms with van der Waals surface area (Å²) in [5, 5.41) is 2.88. The standard InChI is InChI=1S/C8H11ClN2O2/c1-2-8(9)6(13-7(10)12)4-3-5-11-8/h3-5,11H,2H2,1H3,(H2,10,12). The minimum atomic E-state index is -0.859. The first-order valence-electron chi connectivity index (χ1n) is 3.89. The van der Waals surface area contributed by atoms with Crippen LogP contribution in [0.1, 0.15) is 13.3 Å². The van der Waals surface area contributed by atoms with Crippen molar-refractivity contribution in [2.45, 2.75) is 18.3 Å². The average Bonchev–Trinajstić information content (AvgIpc) is 2.09. The van der Waals surface area contributed by atoms with Gasteiger partial charge in [0.05, 0.1) is 0 Å². The molecule has 0 aromatic heterocycles. The molecule has 0 fully saturated rings. The largest absolute Gasteiger partial charge is 0.411 e. The molecular formula is C8H11ClN2O2. The smallest absolute Gasteiger partial charge is 0.409 e. The average molecular weight is 203 g/mol. The zero-order valence-corrected chi connectivity index (χ0v) is 7.97. The van der Waals surface area contributed by atoms with Gasteiger partial charge in [-0.3, -0.25) is 0 Å². The fraction of sp³-hybridized carbons (Fsp3) is 0.375. The molecule has 1 amide bonds. The number of rotatable bonds is 2. The molecule has 0 bridgehead atoms. The second kappa shape index (κ2) is 3.70. The molecule has 0 spiro atoms. The van der Waals surface area contributed by atoms with Crippen molar-refractivity contribution >= 4 is 17.7 Å². The molecule has 0 radical (unpaired) electrons. The molecule has 0 saturated heterocycles. The van der Waals surface area contributed by atoms with Crippen LogP contribution in [-0.2, 0) is 4.74 Å². The predicted octanol–water partition coefficient (Wildman–Crippen LogP) is 1.43. The normalized spacial score (nSPS) is 26.2. The summed E-state index contributed by atoms with van der Waals surface area (Å²) in [7, 11) is 0. The zero-order valence-electron chi connectivity index (χ0n) is 7.21. The number of ether oxygens (including phenoxy) is 1. The molecule has 0 aromatic carbocycles. The van der Waals surface area contributed by atoms with Gasteiger partial charge in [-0.2, -0.15) is 0 Å². The van der Waals surface area contributed by atoms with E-state index in [1.54, 1.807) is 18.4 Å². The number of halogens is 1. The SMILES string of the molecule is CCC1(Cl)NC=CC=C1OC(N)=O. The number of primary amides is 1. The van der Waals surface area contributed by atoms with E-state index in [9.17, 15) is 4.79 Å². The number of alkyl halides is 1. The minimum Gasteiger partial charge on any atom is -0.411 e. The summed E-state index contributed by atoms with van der Waals surface area (Å²) in [4.78, 5) is 9.66. The van der Waals surface area contributed by atoms with Crippen LogP contribution in [0.2, 0.25) is 0 Å². The monoisotopic (exact) mass is 202 g/mol. The highest BCUT2D eigenvalue weighted by Gasteiger charge is 2.32. The number of nitrogens with one attached hydrogen (secondary N) is 1. The Morgan fingerprint density at radius 3 is 3.08 bits per heavy atom. The van der Waals surface area contributed by atoms with Gasteiger partial charge in [-0.25, -0.2) is 4.79 Å². The fourth-order valence-electron chi connectivity index (χ4n) is 1.02. The molecule has 72 valence electrons. The lowest BCUT2D eigenvalue weighted by Crippen LogP contribution is -2.41. The summed E-state index contributed by atoms with van der Waals surface area (Å²) in [6, 6.07) is 0. The molecule has 5 heteroatoms. The molecule has 0 aromatic rings. The van der Waals surface area contributed by atoms with Crippen LogP contribution in [0.4, 0.5) is 4.79 Å². The van der Waals surface area contributed by atoms with Crippen LogP contribution in [-0.4, -0.2) is 11.1 Å². The van der Waals surface area contributed by atoms with Crippen molar-refractivity contribution in [3.05, 3.63) is 24.1 Å². The lowest BCUT2D eigenvalue weighted by Gasteiger charge is -2.29. The molecule has 1 atom stereocenters. The Balaban J connectivity index is 2.82. The summed E-state index contributed by atoms with van der Waals surface area (Å²) >= 11 is 6.11. The number of hydrogen-bond acceptors (Lipinski definition) is 3. The second-order valence-electron chi connectivity index (χ2n) is 2.61. The number of carbonyl (C=O) groups is 1. The number of hydrogen-bond donors (Lipinski definition) is 2. The zero-order chi connectivity index (χ0) is 9.90. The number of allylic oxidation sites excluding steroid dienone is 2. The van der Waals surface area contributed by atoms with Crippen LogP contribution in [0.3, 0.4) is 0 Å². The van der Waals surface area contributed by atoms with E-state index in [1.165, 1.54) is 0 Å². The molecule has 1 heterocycles. The summed E-state index contributed by atoms with van der Waals surface area (Å²) in [5.74, 6) is 0.326. The van der Waals surface area contributed by atoms with Crippen molar-refractivity contribution < 1.29 is 9.53 Å². The first-order chi connectivity index (χ1) is 6.08. The van der Waals surface area contributed by atoms with Crippen molar-refractivity contribution in [3.63, 3.8) is 0 Å². The van der Waals surface area contributed by atoms with E-state index in [4.69, 9.17) is 22.1 Å². The van der Waals surface area contributed by atoms with E-state index in [0.717, 1.165) is 0 Å². The summed E-state index contributed by atoms with van der Waals surface area (Å²) in [5.41, 5.74) is 4.89. The number of nitrogens with two attached hydrogens (primary N) is 1. The first kappa shape index (κ1) is 9.92. The molecule has 1 rings (SSSR count). The molecule has 13 heavy (non-hydrogen) atoms. The highest BCUT2D eigenvalue weighted by molar-refractivity contribution is 6.25. The topological polar surface area (TPSA) is 64.3 Å². The van der Waals surface area contributed by atoms with Gasteiger partial charge < -0.3 is 15.8 Å². The van der Waals surface area contributed by atoms with Gasteiger partial charge in [-0.1, -0.05) is 18.5 Å². The van der Waals surface area contributed by atoms with Gasteiger partial charge in [0.1, 0.15) is 0 Å². The maximum Gasteiger partial charge on any atom is 0.409 e. The van der Waals surface area contributed by atoms with E-state index in [0.29, 0.717) is 12.2 Å². The Hall–Kier alpha value is -1.16. The van der Waals surface area contributed by atoms with Gasteiger partial charge in [0.15, 0.2) is 10.8 Å². The summed E-state index contributed by atoms with van der Waals surface area (Å²) in [6.07, 6.45) is 4.70. The van der Waals surface area contributed by atoms with Gasteiger partial charge in [0.25, 0.3) is 0 Å². The van der Waals surface area contributed by atoms with E-state index in [-0.39, 0.29) is 0 Å². The number of amides is 1. The van der Waals surface area contributed by atoms with Gasteiger partial charge in [0, 0.05) is 0 Å². The molecule has 0 aliphatic carbocycles. The lowest BCUT2D eigenvalue weighted by atomic mass is 10.1. The molecule has 4 nitrogen and oxygen atoms in total. The maximum absolute atomic E-state index is 10.5. The molecule has 1 aliphatic rings. The third-order valence-corrected chi connectivity index (χ3v) is 2.31. The van der Waals surface area contributed by atoms with Crippen molar-refractivity contribution in [1.82, 2.24) is 5.32 Å². The molecule has 3 N–H and O–H groups in total. The Labute approximate surface area is 81.4 Å². The van der Waals surface area contributed by atoms with Gasteiger partial charge in [0.2, 0.25) is 0 Å². The lowest BCUT2D eigenvalue weighted by molar-refractivity contribution is 0.174. The van der Waals surface area contributed by atoms with E-state index < -0.39 is 11.1 Å². The van der Waals surface area contributed by atoms with Crippen molar-refractivity contribution in [3.8, 4) is 0 Å². The number of carbonyl (C=O) groups excluding carboxylic acids is 1. The van der Waals surface area contributed by atoms with E-state index in [1.807, 2.05) is 6.92 Å². The van der Waals surface area contributed by atoms with Crippen LogP contribution in [0.15, 0.2) is 24.1 Å². The minimum absolute atomic E-state index is 0.326. The quantitative estimate of drug-likeness (QED) is 0.526. The van der Waals surface area contributed by atoms with E-state index in [2.05, 4.69) is 5.32 Å². The number of dihydropyridines is 1. The van der Waals surface area contributed by atoms with Crippen LogP contribution < -0.4 is 11.1 Å². The van der Waals surface area contributed by atoms with Gasteiger partial charge in [-0.15, -0.1) is 0 Å². The highest BCUT2D eigenvalue weighted by Crippen LogP contribution is 2.28. The summed E-state index contributed by atoms with van der Waals surface area (Å²) in [6.45, 7) is 1.87. The maximum atomic E-state index is 10.5. The molecule has 0 saturated carbocycles. The Kier molecular flexibility index (Phi) is 2.83. The predicted molar refractivity (Wildman–Crippen MR) is 49.9 cm³/mol. The molecule has 1 aliphatic heterocycles. The molecule has 1 unspecified atom stereocenters. The van der Waals surface area contributed by atoms with Gasteiger partial charge >= 0.3 is 6.09 Å². The van der Waals surface area contributed by atoms with Crippen molar-refractivity contribution in [1.29, 1.82) is 0 Å². The van der Waals surface area contributed by atoms with Crippen LogP contribution in [0.25, 0.3) is 0 Å². The van der Waals surface area contributed by atoms with E-state index >= 15 is 0 Å². The van der Waals surface area contributed by atoms with Crippen molar-refractivity contribution in [2.24, 2.45) is 5.73 Å². The molecular weight excluding hydrogens is 192 g/mol. The third-order valence-electron chi connectivity index (χ3n) is 1.74. The van der Waals surface area contributed by atoms with Gasteiger partial charge in [-0.05, 0) is 24.8 Å². The Morgan fingerprint density at radius 1 is 1.85 bits per heavy atom. The highest BCUT2D eigenvalue weighted by atomic mass is 35.5. The summed E-state index contributed by atoms with van der Waals surface area (Å²) < 4.78 is 4.75. The first-order valence-corrected chi connectivity index (χ1v) is 4.27. The Morgan fingerprint density at radius 2 is 2.54 bits per heavy atom. The van der Waals surface area contributed by atoms with Crippen LogP contribution in [0.5, 0.6) is 0 Å². The van der Waals surface area contributed by atoms with Crippen molar-refractivity contribution in [2.75, 3.05) is 0 Å². The van der Waals surface area contributed by atoms with Crippen LogP contribution >= 0.6 is 11.6 Å².